The number of amides is 1. The molecule has 0 aliphatic carbocycles. The van der Waals surface area contributed by atoms with Crippen molar-refractivity contribution < 1.29 is 9.21 Å². The lowest BCUT2D eigenvalue weighted by Crippen LogP contribution is -2.14. The maximum Gasteiger partial charge on any atom is 0.236 e. The number of hydrogen-bond donors (Lipinski definition) is 1. The summed E-state index contributed by atoms with van der Waals surface area (Å²) in [5, 5.41) is 22.5. The van der Waals surface area contributed by atoms with Crippen LogP contribution in [0.3, 0.4) is 0 Å². The van der Waals surface area contributed by atoms with Gasteiger partial charge in [0.25, 0.3) is 0 Å². The highest BCUT2D eigenvalue weighted by Crippen LogP contribution is 2.30. The third kappa shape index (κ3) is 3.89. The molecule has 0 unspecified atom stereocenters. The van der Waals surface area contributed by atoms with Crippen molar-refractivity contribution in [3.63, 3.8) is 0 Å². The first-order valence-electron chi connectivity index (χ1n) is 8.37. The van der Waals surface area contributed by atoms with Gasteiger partial charge in [0.05, 0.1) is 5.75 Å². The average Bonchev–Trinajstić information content (AvgIpc) is 3.38. The summed E-state index contributed by atoms with van der Waals surface area (Å²) in [6.45, 7) is 1.99. The minimum Gasteiger partial charge on any atom is -0.453 e. The van der Waals surface area contributed by atoms with Crippen molar-refractivity contribution in [3.8, 4) is 11.6 Å². The molecule has 0 aliphatic heterocycles. The van der Waals surface area contributed by atoms with Crippen LogP contribution in [0.15, 0.2) is 33.8 Å². The van der Waals surface area contributed by atoms with Gasteiger partial charge in [0, 0.05) is 17.5 Å². The topological polar surface area (TPSA) is 98.7 Å². The molecular weight excluding hydrogens is 420 g/mol. The Hall–Kier alpha value is -2.43. The fourth-order valence-electron chi connectivity index (χ4n) is 2.51. The molecule has 8 nitrogen and oxygen atoms in total. The van der Waals surface area contributed by atoms with Crippen molar-refractivity contribution in [1.29, 1.82) is 0 Å². The van der Waals surface area contributed by atoms with Gasteiger partial charge in [-0.3, -0.25) is 10.1 Å². The molecule has 28 heavy (non-hydrogen) atoms. The zero-order valence-electron chi connectivity index (χ0n) is 15.0. The molecule has 0 radical (unpaired) electrons. The summed E-state index contributed by atoms with van der Waals surface area (Å²) in [5.74, 6) is 1.17. The highest BCUT2D eigenvalue weighted by molar-refractivity contribution is 7.99. The Morgan fingerprint density at radius 2 is 2.14 bits per heavy atom. The molecule has 3 heterocycles. The van der Waals surface area contributed by atoms with Crippen molar-refractivity contribution in [1.82, 2.24) is 25.0 Å². The molecule has 144 valence electrons. The Morgan fingerprint density at radius 3 is 2.93 bits per heavy atom. The summed E-state index contributed by atoms with van der Waals surface area (Å²) in [6.07, 6.45) is 0.790. The molecule has 3 aromatic heterocycles. The number of furan rings is 1. The van der Waals surface area contributed by atoms with Crippen molar-refractivity contribution in [2.24, 2.45) is 7.05 Å². The van der Waals surface area contributed by atoms with Crippen molar-refractivity contribution in [2.75, 3.05) is 11.1 Å². The molecule has 0 fully saturated rings. The number of aromatic nitrogens is 5. The number of fused-ring (bicyclic) bond motifs is 1. The number of aryl methyl sites for hydroxylation is 1. The summed E-state index contributed by atoms with van der Waals surface area (Å²) in [4.78, 5) is 12.1. The van der Waals surface area contributed by atoms with E-state index < -0.39 is 0 Å². The average molecular weight is 435 g/mol. The maximum absolute atomic E-state index is 12.1. The van der Waals surface area contributed by atoms with Crippen LogP contribution in [0.5, 0.6) is 0 Å². The van der Waals surface area contributed by atoms with Crippen molar-refractivity contribution in [2.45, 2.75) is 18.5 Å². The standard InChI is InChI=1S/C17H15ClN6O2S2/c1-3-14-20-22-16(28-14)19-13(25)8-27-17-23-21-15(24(17)2)12-7-9-6-10(18)4-5-11(9)26-12/h4-7H,3,8H2,1-2H3,(H,19,22,25). The third-order valence-electron chi connectivity index (χ3n) is 3.88. The molecule has 0 saturated carbocycles. The Morgan fingerprint density at radius 1 is 1.29 bits per heavy atom. The molecule has 0 atom stereocenters. The fraction of sp³-hybridized carbons (Fsp3) is 0.235. The maximum atomic E-state index is 12.1. The van der Waals surface area contributed by atoms with Crippen LogP contribution in [0.1, 0.15) is 11.9 Å². The van der Waals surface area contributed by atoms with Crippen LogP contribution in [0, 0.1) is 0 Å². The van der Waals surface area contributed by atoms with E-state index in [2.05, 4.69) is 25.7 Å². The Kier molecular flexibility index (Phi) is 5.33. The van der Waals surface area contributed by atoms with Crippen molar-refractivity contribution in [3.05, 3.63) is 34.3 Å². The van der Waals surface area contributed by atoms with Gasteiger partial charge in [0.1, 0.15) is 10.6 Å². The minimum atomic E-state index is -0.174. The quantitative estimate of drug-likeness (QED) is 0.457. The first-order chi connectivity index (χ1) is 13.5. The number of thioether (sulfide) groups is 1. The van der Waals surface area contributed by atoms with E-state index in [1.54, 1.807) is 10.6 Å². The summed E-state index contributed by atoms with van der Waals surface area (Å²) in [5.41, 5.74) is 0.722. The number of rotatable bonds is 6. The summed E-state index contributed by atoms with van der Waals surface area (Å²) >= 11 is 8.68. The van der Waals surface area contributed by atoms with Gasteiger partial charge in [-0.05, 0) is 30.7 Å². The zero-order valence-corrected chi connectivity index (χ0v) is 17.4. The number of carbonyl (C=O) groups is 1. The van der Waals surface area contributed by atoms with Crippen LogP contribution in [-0.4, -0.2) is 36.6 Å². The second-order valence-electron chi connectivity index (χ2n) is 5.85. The van der Waals surface area contributed by atoms with E-state index in [9.17, 15) is 4.79 Å². The molecule has 0 aliphatic rings. The lowest BCUT2D eigenvalue weighted by molar-refractivity contribution is -0.113. The number of anilines is 1. The number of nitrogens with one attached hydrogen (secondary N) is 1. The van der Waals surface area contributed by atoms with Crippen LogP contribution in [0.2, 0.25) is 5.02 Å². The lowest BCUT2D eigenvalue weighted by atomic mass is 10.2. The predicted molar refractivity (Wildman–Crippen MR) is 110 cm³/mol. The Balaban J connectivity index is 1.44. The van der Waals surface area contributed by atoms with Crippen LogP contribution < -0.4 is 5.32 Å². The number of halogens is 1. The normalized spacial score (nSPS) is 11.2. The van der Waals surface area contributed by atoms with Gasteiger partial charge < -0.3 is 8.98 Å². The molecular formula is C17H15ClN6O2S2. The fourth-order valence-corrected chi connectivity index (χ4v) is 4.10. The third-order valence-corrected chi connectivity index (χ3v) is 6.12. The van der Waals surface area contributed by atoms with Gasteiger partial charge in [-0.25, -0.2) is 0 Å². The molecule has 1 aromatic carbocycles. The number of hydrogen-bond acceptors (Lipinski definition) is 8. The number of nitrogens with zero attached hydrogens (tertiary/aromatic N) is 5. The first kappa shape index (κ1) is 18.9. The molecule has 1 amide bonds. The molecule has 4 aromatic rings. The van der Waals surface area contributed by atoms with E-state index in [0.717, 1.165) is 22.4 Å². The highest BCUT2D eigenvalue weighted by Gasteiger charge is 2.17. The van der Waals surface area contributed by atoms with Gasteiger partial charge >= 0.3 is 0 Å². The van der Waals surface area contributed by atoms with Gasteiger partial charge in [0.2, 0.25) is 11.0 Å². The van der Waals surface area contributed by atoms with Crippen molar-refractivity contribution >= 4 is 56.7 Å². The van der Waals surface area contributed by atoms with Crippen LogP contribution in [-0.2, 0) is 18.3 Å². The first-order valence-corrected chi connectivity index (χ1v) is 10.6. The van der Waals surface area contributed by atoms with E-state index >= 15 is 0 Å². The summed E-state index contributed by atoms with van der Waals surface area (Å²) in [6, 6.07) is 7.29. The number of carbonyl (C=O) groups excluding carboxylic acids is 1. The van der Waals surface area contributed by atoms with E-state index in [1.807, 2.05) is 32.2 Å². The largest absolute Gasteiger partial charge is 0.453 e. The molecule has 0 saturated heterocycles. The molecule has 1 N–H and O–H groups in total. The van der Waals surface area contributed by atoms with E-state index in [-0.39, 0.29) is 11.7 Å². The van der Waals surface area contributed by atoms with E-state index in [0.29, 0.717) is 26.9 Å². The van der Waals surface area contributed by atoms with Gasteiger partial charge in [-0.1, -0.05) is 41.6 Å². The highest BCUT2D eigenvalue weighted by atomic mass is 35.5. The molecule has 11 heteroatoms. The smallest absolute Gasteiger partial charge is 0.236 e. The van der Waals surface area contributed by atoms with Crippen LogP contribution in [0.4, 0.5) is 5.13 Å². The zero-order chi connectivity index (χ0) is 19.7. The number of benzene rings is 1. The summed E-state index contributed by atoms with van der Waals surface area (Å²) < 4.78 is 7.63. The molecule has 0 bridgehead atoms. The van der Waals surface area contributed by atoms with Gasteiger partial charge in [-0.2, -0.15) is 0 Å². The molecule has 4 rings (SSSR count). The van der Waals surface area contributed by atoms with Crippen LogP contribution >= 0.6 is 34.7 Å². The van der Waals surface area contributed by atoms with E-state index in [4.69, 9.17) is 16.0 Å². The van der Waals surface area contributed by atoms with Gasteiger partial charge in [0.15, 0.2) is 16.7 Å². The van der Waals surface area contributed by atoms with Crippen LogP contribution in [0.25, 0.3) is 22.6 Å². The van der Waals surface area contributed by atoms with Gasteiger partial charge in [-0.15, -0.1) is 20.4 Å². The minimum absolute atomic E-state index is 0.174. The Bertz CT molecular complexity index is 1150. The lowest BCUT2D eigenvalue weighted by Gasteiger charge is -2.02. The summed E-state index contributed by atoms with van der Waals surface area (Å²) in [7, 11) is 1.83. The Labute approximate surface area is 173 Å². The second-order valence-corrected chi connectivity index (χ2v) is 8.29. The second kappa shape index (κ2) is 7.90. The SMILES string of the molecule is CCc1nnc(NC(=O)CSc2nnc(-c3cc4cc(Cl)ccc4o3)n2C)s1. The monoisotopic (exact) mass is 434 g/mol. The predicted octanol–water partition coefficient (Wildman–Crippen LogP) is 4.03. The molecule has 0 spiro atoms. The van der Waals surface area contributed by atoms with E-state index in [1.165, 1.54) is 23.1 Å².